The molecule has 0 saturated heterocycles. The van der Waals surface area contributed by atoms with Gasteiger partial charge in [0.25, 0.3) is 5.91 Å². The van der Waals surface area contributed by atoms with Gasteiger partial charge in [0.15, 0.2) is 10.8 Å². The zero-order valence-corrected chi connectivity index (χ0v) is 13.0. The molecule has 0 spiro atoms. The number of hydrogen-bond acceptors (Lipinski definition) is 6. The van der Waals surface area contributed by atoms with Gasteiger partial charge in [0.2, 0.25) is 0 Å². The van der Waals surface area contributed by atoms with E-state index in [2.05, 4.69) is 20.3 Å². The highest BCUT2D eigenvalue weighted by Crippen LogP contribution is 2.21. The van der Waals surface area contributed by atoms with Crippen LogP contribution in [-0.4, -0.2) is 38.0 Å². The molecule has 0 bridgehead atoms. The van der Waals surface area contributed by atoms with Gasteiger partial charge in [-0.1, -0.05) is 13.8 Å². The lowest BCUT2D eigenvalue weighted by atomic mass is 10.0. The molecule has 2 rings (SSSR count). The number of hydrogen-bond donors (Lipinski definition) is 2. The van der Waals surface area contributed by atoms with Crippen LogP contribution in [0.15, 0.2) is 24.7 Å². The first kappa shape index (κ1) is 16.0. The summed E-state index contributed by atoms with van der Waals surface area (Å²) >= 11 is 1.13. The van der Waals surface area contributed by atoms with Gasteiger partial charge < -0.3 is 10.4 Å². The van der Waals surface area contributed by atoms with E-state index >= 15 is 0 Å². The van der Waals surface area contributed by atoms with Crippen LogP contribution in [0.4, 0.5) is 0 Å². The minimum atomic E-state index is -1.04. The predicted octanol–water partition coefficient (Wildman–Crippen LogP) is 1.83. The Bertz CT molecular complexity index is 657. The molecule has 2 heterocycles. The number of aromatic nitrogens is 3. The van der Waals surface area contributed by atoms with Crippen molar-refractivity contribution < 1.29 is 14.7 Å². The van der Waals surface area contributed by atoms with Crippen LogP contribution < -0.4 is 5.32 Å². The lowest BCUT2D eigenvalue weighted by molar-refractivity contribution is -0.139. The topological polar surface area (TPSA) is 105 Å². The Morgan fingerprint density at radius 2 is 1.95 bits per heavy atom. The van der Waals surface area contributed by atoms with Crippen molar-refractivity contribution in [2.24, 2.45) is 5.92 Å². The van der Waals surface area contributed by atoms with Crippen molar-refractivity contribution in [3.05, 3.63) is 29.5 Å². The van der Waals surface area contributed by atoms with Crippen molar-refractivity contribution >= 4 is 23.2 Å². The van der Waals surface area contributed by atoms with Crippen molar-refractivity contribution in [2.75, 3.05) is 0 Å². The minimum Gasteiger partial charge on any atom is -0.480 e. The highest BCUT2D eigenvalue weighted by molar-refractivity contribution is 7.16. The second-order valence-electron chi connectivity index (χ2n) is 5.10. The molecule has 8 heteroatoms. The Kier molecular flexibility index (Phi) is 5.16. The Labute approximate surface area is 131 Å². The molecule has 0 saturated carbocycles. The van der Waals surface area contributed by atoms with Crippen LogP contribution in [0.1, 0.15) is 29.9 Å². The van der Waals surface area contributed by atoms with Crippen molar-refractivity contribution in [2.45, 2.75) is 26.3 Å². The van der Waals surface area contributed by atoms with Crippen LogP contribution in [0.2, 0.25) is 0 Å². The number of amides is 1. The van der Waals surface area contributed by atoms with Gasteiger partial charge in [-0.3, -0.25) is 4.79 Å². The van der Waals surface area contributed by atoms with Crippen molar-refractivity contribution in [1.29, 1.82) is 0 Å². The molecule has 0 fully saturated rings. The van der Waals surface area contributed by atoms with Crippen molar-refractivity contribution in [3.8, 4) is 10.8 Å². The smallest absolute Gasteiger partial charge is 0.326 e. The monoisotopic (exact) mass is 320 g/mol. The van der Waals surface area contributed by atoms with Crippen molar-refractivity contribution in [3.63, 3.8) is 0 Å². The van der Waals surface area contributed by atoms with Crippen LogP contribution in [-0.2, 0) is 4.79 Å². The molecule has 2 N–H and O–H groups in total. The molecule has 22 heavy (non-hydrogen) atoms. The average Bonchev–Trinajstić information content (AvgIpc) is 2.96. The van der Waals surface area contributed by atoms with E-state index < -0.39 is 17.9 Å². The fraction of sp³-hybridized carbons (Fsp3) is 0.357. The Hall–Kier alpha value is -2.35. The molecule has 1 atom stereocenters. The molecule has 116 valence electrons. The minimum absolute atomic E-state index is 0.163. The van der Waals surface area contributed by atoms with Crippen LogP contribution in [0.5, 0.6) is 0 Å². The fourth-order valence-electron chi connectivity index (χ4n) is 1.81. The third-order valence-electron chi connectivity index (χ3n) is 2.80. The number of nitrogens with one attached hydrogen (secondary N) is 1. The summed E-state index contributed by atoms with van der Waals surface area (Å²) in [7, 11) is 0. The Balaban J connectivity index is 2.10. The van der Waals surface area contributed by atoms with Crippen LogP contribution in [0.3, 0.4) is 0 Å². The number of carbonyl (C=O) groups excluding carboxylic acids is 1. The predicted molar refractivity (Wildman–Crippen MR) is 81.5 cm³/mol. The summed E-state index contributed by atoms with van der Waals surface area (Å²) in [4.78, 5) is 35.9. The third kappa shape index (κ3) is 4.08. The molecule has 2 aromatic heterocycles. The van der Waals surface area contributed by atoms with Gasteiger partial charge in [-0.15, -0.1) is 11.3 Å². The number of carbonyl (C=O) groups is 2. The first-order chi connectivity index (χ1) is 10.5. The maximum absolute atomic E-state index is 12.1. The zero-order valence-electron chi connectivity index (χ0n) is 12.2. The van der Waals surface area contributed by atoms with Gasteiger partial charge in [0.05, 0.1) is 6.20 Å². The molecule has 0 aliphatic heterocycles. The molecular weight excluding hydrogens is 304 g/mol. The number of nitrogens with zero attached hydrogens (tertiary/aromatic N) is 3. The molecule has 0 aliphatic carbocycles. The molecule has 0 aliphatic rings. The second kappa shape index (κ2) is 7.08. The van der Waals surface area contributed by atoms with Crippen molar-refractivity contribution in [1.82, 2.24) is 20.3 Å². The highest BCUT2D eigenvalue weighted by Gasteiger charge is 2.23. The summed E-state index contributed by atoms with van der Waals surface area (Å²) in [6.45, 7) is 3.80. The molecule has 1 amide bonds. The summed E-state index contributed by atoms with van der Waals surface area (Å²) < 4.78 is 0. The quantitative estimate of drug-likeness (QED) is 0.841. The number of carboxylic acid groups (broad SMARTS) is 1. The van der Waals surface area contributed by atoms with E-state index in [1.165, 1.54) is 6.20 Å². The summed E-state index contributed by atoms with van der Waals surface area (Å²) in [6.07, 6.45) is 4.95. The van der Waals surface area contributed by atoms with E-state index in [-0.39, 0.29) is 5.92 Å². The van der Waals surface area contributed by atoms with E-state index in [1.54, 1.807) is 18.5 Å². The Morgan fingerprint density at radius 3 is 2.55 bits per heavy atom. The van der Waals surface area contributed by atoms with Crippen LogP contribution in [0, 0.1) is 5.92 Å². The lowest BCUT2D eigenvalue weighted by Gasteiger charge is -2.15. The molecule has 0 radical (unpaired) electrons. The van der Waals surface area contributed by atoms with E-state index in [4.69, 9.17) is 5.11 Å². The molecule has 7 nitrogen and oxygen atoms in total. The van der Waals surface area contributed by atoms with Gasteiger partial charge in [-0.2, -0.15) is 0 Å². The summed E-state index contributed by atoms with van der Waals surface area (Å²) in [5, 5.41) is 12.2. The van der Waals surface area contributed by atoms with Crippen LogP contribution in [0.25, 0.3) is 10.8 Å². The maximum atomic E-state index is 12.1. The number of carboxylic acids is 1. The number of rotatable bonds is 6. The molecule has 0 aromatic carbocycles. The molecule has 1 unspecified atom stereocenters. The van der Waals surface area contributed by atoms with E-state index in [0.29, 0.717) is 22.1 Å². The molecular formula is C14H16N4O3S. The van der Waals surface area contributed by atoms with E-state index in [1.807, 2.05) is 13.8 Å². The summed E-state index contributed by atoms with van der Waals surface area (Å²) in [6, 6.07) is 0.778. The lowest BCUT2D eigenvalue weighted by Crippen LogP contribution is -2.41. The van der Waals surface area contributed by atoms with Gasteiger partial charge in [-0.05, 0) is 18.4 Å². The normalized spacial score (nSPS) is 12.1. The summed E-state index contributed by atoms with van der Waals surface area (Å²) in [5.41, 5.74) is 0. The fourth-order valence-corrected chi connectivity index (χ4v) is 2.58. The number of thiazole rings is 1. The first-order valence-electron chi connectivity index (χ1n) is 6.74. The molecule has 2 aromatic rings. The maximum Gasteiger partial charge on any atom is 0.326 e. The first-order valence-corrected chi connectivity index (χ1v) is 7.56. The zero-order chi connectivity index (χ0) is 16.1. The Morgan fingerprint density at radius 1 is 1.27 bits per heavy atom. The largest absolute Gasteiger partial charge is 0.480 e. The van der Waals surface area contributed by atoms with Gasteiger partial charge in [0.1, 0.15) is 10.9 Å². The third-order valence-corrected chi connectivity index (χ3v) is 3.79. The second-order valence-corrected chi connectivity index (χ2v) is 6.13. The highest BCUT2D eigenvalue weighted by atomic mass is 32.1. The summed E-state index contributed by atoms with van der Waals surface area (Å²) in [5.74, 6) is -0.898. The van der Waals surface area contributed by atoms with E-state index in [0.717, 1.165) is 11.3 Å². The average molecular weight is 320 g/mol. The SMILES string of the molecule is CC(C)CC(NC(=O)c1cnc(-c2ncccn2)s1)C(=O)O. The van der Waals surface area contributed by atoms with Gasteiger partial charge >= 0.3 is 5.97 Å². The standard InChI is InChI=1S/C14H16N4O3S/c1-8(2)6-9(14(20)21)18-12(19)10-7-17-13(22-10)11-15-4-3-5-16-11/h3-5,7-9H,6H2,1-2H3,(H,18,19)(H,20,21). The van der Waals surface area contributed by atoms with Crippen LogP contribution >= 0.6 is 11.3 Å². The van der Waals surface area contributed by atoms with E-state index in [9.17, 15) is 9.59 Å². The number of aliphatic carboxylic acids is 1. The van der Waals surface area contributed by atoms with Gasteiger partial charge in [-0.25, -0.2) is 19.7 Å². The van der Waals surface area contributed by atoms with Gasteiger partial charge in [0, 0.05) is 12.4 Å².